The zero-order valence-corrected chi connectivity index (χ0v) is 12.1. The average molecular weight is 278 g/mol. The Morgan fingerprint density at radius 2 is 2.20 bits per heavy atom. The average Bonchev–Trinajstić information content (AvgIpc) is 3.06. The lowest BCUT2D eigenvalue weighted by molar-refractivity contribution is -0.126. The number of rotatable bonds is 5. The van der Waals surface area contributed by atoms with Crippen LogP contribution in [0.25, 0.3) is 0 Å². The van der Waals surface area contributed by atoms with E-state index < -0.39 is 5.60 Å². The molecule has 1 amide bonds. The van der Waals surface area contributed by atoms with E-state index in [1.807, 2.05) is 13.8 Å². The van der Waals surface area contributed by atoms with Crippen molar-refractivity contribution in [3.8, 4) is 0 Å². The molecule has 1 unspecified atom stereocenters. The van der Waals surface area contributed by atoms with Crippen molar-refractivity contribution in [2.75, 3.05) is 13.1 Å². The van der Waals surface area contributed by atoms with Crippen LogP contribution in [0.2, 0.25) is 0 Å². The third kappa shape index (κ3) is 3.45. The lowest BCUT2D eigenvalue weighted by atomic mass is 10.0. The Hall–Kier alpha value is -1.69. The van der Waals surface area contributed by atoms with Gasteiger partial charge in [-0.15, -0.1) is 5.10 Å². The first-order chi connectivity index (χ1) is 9.56. The molecule has 0 aromatic carbocycles. The summed E-state index contributed by atoms with van der Waals surface area (Å²) in [5.74, 6) is -0.00165. The van der Waals surface area contributed by atoms with Crippen molar-refractivity contribution >= 4 is 5.91 Å². The molecule has 0 aliphatic carbocycles. The number of likely N-dealkylation sites (tertiary alicyclic amines) is 1. The molecule has 6 nitrogen and oxygen atoms in total. The Kier molecular flexibility index (Phi) is 4.54. The lowest BCUT2D eigenvalue weighted by Crippen LogP contribution is -2.39. The summed E-state index contributed by atoms with van der Waals surface area (Å²) >= 11 is 0. The van der Waals surface area contributed by atoms with Gasteiger partial charge in [-0.1, -0.05) is 24.6 Å². The van der Waals surface area contributed by atoms with E-state index >= 15 is 0 Å². The van der Waals surface area contributed by atoms with Gasteiger partial charge in [0.15, 0.2) is 0 Å². The SMILES string of the molecule is CCC(=CC(=O)N1CCC(O)(Cn2ccnn2)C1)CC. The predicted molar refractivity (Wildman–Crippen MR) is 74.8 cm³/mol. The van der Waals surface area contributed by atoms with E-state index in [0.717, 1.165) is 18.4 Å². The summed E-state index contributed by atoms with van der Waals surface area (Å²) in [5.41, 5.74) is 0.234. The van der Waals surface area contributed by atoms with Gasteiger partial charge in [-0.05, 0) is 19.3 Å². The van der Waals surface area contributed by atoms with Crippen LogP contribution in [0.3, 0.4) is 0 Å². The maximum atomic E-state index is 12.2. The molecular weight excluding hydrogens is 256 g/mol. The van der Waals surface area contributed by atoms with Crippen molar-refractivity contribution in [2.45, 2.75) is 45.3 Å². The van der Waals surface area contributed by atoms with Gasteiger partial charge >= 0.3 is 0 Å². The van der Waals surface area contributed by atoms with E-state index in [0.29, 0.717) is 26.1 Å². The molecule has 0 spiro atoms. The standard InChI is InChI=1S/C14H22N4O2/c1-3-12(4-2)9-13(19)17-7-5-14(20,10-17)11-18-8-6-15-16-18/h6,8-9,20H,3-5,7,10-11H2,1-2H3. The quantitative estimate of drug-likeness (QED) is 0.815. The molecule has 110 valence electrons. The first kappa shape index (κ1) is 14.7. The van der Waals surface area contributed by atoms with Crippen molar-refractivity contribution in [3.05, 3.63) is 24.0 Å². The molecule has 1 aromatic rings. The smallest absolute Gasteiger partial charge is 0.246 e. The second-order valence-corrected chi connectivity index (χ2v) is 5.34. The topological polar surface area (TPSA) is 71.2 Å². The zero-order chi connectivity index (χ0) is 14.6. The lowest BCUT2D eigenvalue weighted by Gasteiger charge is -2.22. The number of hydrogen-bond acceptors (Lipinski definition) is 4. The zero-order valence-electron chi connectivity index (χ0n) is 12.1. The van der Waals surface area contributed by atoms with Crippen molar-refractivity contribution < 1.29 is 9.90 Å². The molecule has 2 heterocycles. The van der Waals surface area contributed by atoms with Crippen molar-refractivity contribution in [2.24, 2.45) is 0 Å². The maximum absolute atomic E-state index is 12.2. The van der Waals surface area contributed by atoms with Crippen LogP contribution in [0.1, 0.15) is 33.1 Å². The number of hydrogen-bond donors (Lipinski definition) is 1. The molecule has 1 saturated heterocycles. The summed E-state index contributed by atoms with van der Waals surface area (Å²) in [5, 5.41) is 18.1. The first-order valence-electron chi connectivity index (χ1n) is 7.11. The number of nitrogens with zero attached hydrogens (tertiary/aromatic N) is 4. The van der Waals surface area contributed by atoms with Crippen molar-refractivity contribution in [3.63, 3.8) is 0 Å². The number of β-amino-alcohol motifs (C(OH)–C–C–N with tert-alkyl or cyclic N) is 1. The maximum Gasteiger partial charge on any atom is 0.246 e. The number of carbonyl (C=O) groups is 1. The minimum absolute atomic E-state index is 0.00165. The second kappa shape index (κ2) is 6.17. The fraction of sp³-hybridized carbons (Fsp3) is 0.643. The highest BCUT2D eigenvalue weighted by atomic mass is 16.3. The van der Waals surface area contributed by atoms with E-state index in [1.165, 1.54) is 0 Å². The van der Waals surface area contributed by atoms with E-state index in [2.05, 4.69) is 10.3 Å². The van der Waals surface area contributed by atoms with Gasteiger partial charge in [0.2, 0.25) is 5.91 Å². The van der Waals surface area contributed by atoms with Gasteiger partial charge in [-0.2, -0.15) is 0 Å². The van der Waals surface area contributed by atoms with Gasteiger partial charge in [0.1, 0.15) is 5.60 Å². The summed E-state index contributed by atoms with van der Waals surface area (Å²) in [7, 11) is 0. The minimum Gasteiger partial charge on any atom is -0.386 e. The third-order valence-corrected chi connectivity index (χ3v) is 3.81. The number of aliphatic hydroxyl groups is 1. The Morgan fingerprint density at radius 1 is 1.45 bits per heavy atom. The monoisotopic (exact) mass is 278 g/mol. The van der Waals surface area contributed by atoms with Crippen LogP contribution in [-0.4, -0.2) is 49.6 Å². The molecule has 0 saturated carbocycles. The number of amides is 1. The second-order valence-electron chi connectivity index (χ2n) is 5.34. The van der Waals surface area contributed by atoms with Gasteiger partial charge in [-0.3, -0.25) is 4.79 Å². The van der Waals surface area contributed by atoms with Crippen molar-refractivity contribution in [1.29, 1.82) is 0 Å². The molecule has 2 rings (SSSR count). The van der Waals surface area contributed by atoms with Crippen LogP contribution >= 0.6 is 0 Å². The summed E-state index contributed by atoms with van der Waals surface area (Å²) in [4.78, 5) is 13.9. The van der Waals surface area contributed by atoms with E-state index in [1.54, 1.807) is 28.1 Å². The molecule has 6 heteroatoms. The molecule has 0 bridgehead atoms. The summed E-state index contributed by atoms with van der Waals surface area (Å²) in [6, 6.07) is 0. The Bertz CT molecular complexity index is 477. The van der Waals surface area contributed by atoms with Crippen LogP contribution in [-0.2, 0) is 11.3 Å². The van der Waals surface area contributed by atoms with Gasteiger partial charge in [0.05, 0.1) is 19.3 Å². The highest BCUT2D eigenvalue weighted by Gasteiger charge is 2.38. The highest BCUT2D eigenvalue weighted by molar-refractivity contribution is 5.88. The van der Waals surface area contributed by atoms with Crippen LogP contribution in [0.15, 0.2) is 24.0 Å². The third-order valence-electron chi connectivity index (χ3n) is 3.81. The number of carbonyl (C=O) groups excluding carboxylic acids is 1. The minimum atomic E-state index is -0.907. The number of allylic oxidation sites excluding steroid dienone is 1. The molecule has 1 aliphatic heterocycles. The van der Waals surface area contributed by atoms with E-state index in [-0.39, 0.29) is 5.91 Å². The molecule has 1 aliphatic rings. The molecule has 1 aromatic heterocycles. The summed E-state index contributed by atoms with van der Waals surface area (Å²) in [6.07, 6.45) is 7.35. The normalized spacial score (nSPS) is 22.1. The predicted octanol–water partition coefficient (Wildman–Crippen LogP) is 0.988. The molecule has 20 heavy (non-hydrogen) atoms. The van der Waals surface area contributed by atoms with Gasteiger partial charge in [-0.25, -0.2) is 4.68 Å². The fourth-order valence-electron chi connectivity index (χ4n) is 2.51. The first-order valence-corrected chi connectivity index (χ1v) is 7.11. The van der Waals surface area contributed by atoms with Crippen molar-refractivity contribution in [1.82, 2.24) is 19.9 Å². The summed E-state index contributed by atoms with van der Waals surface area (Å²) < 4.78 is 1.60. The van der Waals surface area contributed by atoms with E-state index in [4.69, 9.17) is 0 Å². The number of aromatic nitrogens is 3. The molecule has 0 radical (unpaired) electrons. The van der Waals surface area contributed by atoms with Gasteiger partial charge < -0.3 is 10.0 Å². The molecule has 1 atom stereocenters. The van der Waals surface area contributed by atoms with Gasteiger partial charge in [0, 0.05) is 18.8 Å². The van der Waals surface area contributed by atoms with Crippen LogP contribution < -0.4 is 0 Å². The molecular formula is C14H22N4O2. The van der Waals surface area contributed by atoms with Gasteiger partial charge in [0.25, 0.3) is 0 Å². The largest absolute Gasteiger partial charge is 0.386 e. The van der Waals surface area contributed by atoms with Crippen LogP contribution in [0, 0.1) is 0 Å². The summed E-state index contributed by atoms with van der Waals surface area (Å²) in [6.45, 7) is 5.40. The van der Waals surface area contributed by atoms with E-state index in [9.17, 15) is 9.90 Å². The molecule has 1 N–H and O–H groups in total. The van der Waals surface area contributed by atoms with Crippen LogP contribution in [0.5, 0.6) is 0 Å². The fourth-order valence-corrected chi connectivity index (χ4v) is 2.51. The molecule has 1 fully saturated rings. The Balaban J connectivity index is 1.97. The van der Waals surface area contributed by atoms with Crippen LogP contribution in [0.4, 0.5) is 0 Å². The Labute approximate surface area is 119 Å². The Morgan fingerprint density at radius 3 is 2.80 bits per heavy atom. The highest BCUT2D eigenvalue weighted by Crippen LogP contribution is 2.23.